The van der Waals surface area contributed by atoms with Crippen LogP contribution in [0.2, 0.25) is 5.02 Å². The van der Waals surface area contributed by atoms with Gasteiger partial charge in [0.15, 0.2) is 0 Å². The summed E-state index contributed by atoms with van der Waals surface area (Å²) in [6, 6.07) is 17.0. The summed E-state index contributed by atoms with van der Waals surface area (Å²) < 4.78 is 0. The van der Waals surface area contributed by atoms with Gasteiger partial charge in [-0.1, -0.05) is 48.5 Å². The fourth-order valence-electron chi connectivity index (χ4n) is 1.92. The van der Waals surface area contributed by atoms with E-state index in [-0.39, 0.29) is 0 Å². The van der Waals surface area contributed by atoms with Crippen LogP contribution in [0.1, 0.15) is 25.5 Å². The first-order valence-electron chi connectivity index (χ1n) is 6.46. The Morgan fingerprint density at radius 3 is 2.47 bits per heavy atom. The van der Waals surface area contributed by atoms with Crippen LogP contribution in [0.5, 0.6) is 0 Å². The lowest BCUT2D eigenvalue weighted by Gasteiger charge is -2.13. The predicted octanol–water partition coefficient (Wildman–Crippen LogP) is 5.16. The average molecular weight is 292 g/mol. The van der Waals surface area contributed by atoms with Crippen LogP contribution in [-0.2, 0) is 0 Å². The fraction of sp³-hybridized carbons (Fsp3) is 0.250. The molecule has 3 heteroatoms. The summed E-state index contributed by atoms with van der Waals surface area (Å²) in [5.41, 5.74) is 1.32. The fourth-order valence-corrected chi connectivity index (χ4v) is 3.05. The van der Waals surface area contributed by atoms with Crippen molar-refractivity contribution in [2.75, 3.05) is 6.54 Å². The second kappa shape index (κ2) is 6.99. The minimum Gasteiger partial charge on any atom is -0.310 e. The van der Waals surface area contributed by atoms with Crippen LogP contribution in [0.25, 0.3) is 0 Å². The van der Waals surface area contributed by atoms with Crippen molar-refractivity contribution in [3.8, 4) is 0 Å². The first kappa shape index (κ1) is 14.4. The molecule has 1 atom stereocenters. The molecule has 0 heterocycles. The summed E-state index contributed by atoms with van der Waals surface area (Å²) in [6.45, 7) is 5.29. The molecular formula is C16H18ClNS. The highest BCUT2D eigenvalue weighted by atomic mass is 35.5. The van der Waals surface area contributed by atoms with Gasteiger partial charge in [-0.25, -0.2) is 0 Å². The highest BCUT2D eigenvalue weighted by Crippen LogP contribution is 2.30. The molecule has 100 valence electrons. The summed E-state index contributed by atoms with van der Waals surface area (Å²) in [5, 5.41) is 4.19. The molecule has 2 rings (SSSR count). The van der Waals surface area contributed by atoms with Crippen LogP contribution in [-0.4, -0.2) is 6.54 Å². The number of halogens is 1. The third-order valence-corrected chi connectivity index (χ3v) is 4.15. The predicted molar refractivity (Wildman–Crippen MR) is 84.1 cm³/mol. The molecule has 0 fully saturated rings. The SMILES string of the molecule is CCNC(C)c1ccc(Sc2cccc(Cl)c2)cc1. The van der Waals surface area contributed by atoms with E-state index in [0.29, 0.717) is 6.04 Å². The van der Waals surface area contributed by atoms with Crippen LogP contribution in [0.3, 0.4) is 0 Å². The van der Waals surface area contributed by atoms with Crippen molar-refractivity contribution in [2.24, 2.45) is 0 Å². The Morgan fingerprint density at radius 2 is 1.84 bits per heavy atom. The van der Waals surface area contributed by atoms with Gasteiger partial charge in [0.25, 0.3) is 0 Å². The topological polar surface area (TPSA) is 12.0 Å². The first-order valence-corrected chi connectivity index (χ1v) is 7.65. The van der Waals surface area contributed by atoms with Crippen LogP contribution in [0.15, 0.2) is 58.3 Å². The molecule has 0 saturated heterocycles. The lowest BCUT2D eigenvalue weighted by Crippen LogP contribution is -2.17. The molecule has 0 spiro atoms. The molecule has 1 N–H and O–H groups in total. The Kier molecular flexibility index (Phi) is 5.32. The number of hydrogen-bond donors (Lipinski definition) is 1. The zero-order valence-corrected chi connectivity index (χ0v) is 12.8. The molecule has 2 aromatic carbocycles. The van der Waals surface area contributed by atoms with E-state index < -0.39 is 0 Å². The molecule has 2 aromatic rings. The zero-order chi connectivity index (χ0) is 13.7. The second-order valence-electron chi connectivity index (χ2n) is 4.41. The van der Waals surface area contributed by atoms with Crippen LogP contribution in [0.4, 0.5) is 0 Å². The molecule has 0 amide bonds. The summed E-state index contributed by atoms with van der Waals surface area (Å²) in [4.78, 5) is 2.40. The normalized spacial score (nSPS) is 12.4. The minimum atomic E-state index is 0.398. The molecule has 0 radical (unpaired) electrons. The van der Waals surface area contributed by atoms with E-state index >= 15 is 0 Å². The first-order chi connectivity index (χ1) is 9.19. The molecule has 0 bridgehead atoms. The molecule has 1 nitrogen and oxygen atoms in total. The van der Waals surface area contributed by atoms with Gasteiger partial charge in [0.05, 0.1) is 0 Å². The van der Waals surface area contributed by atoms with Crippen molar-refractivity contribution in [3.63, 3.8) is 0 Å². The maximum Gasteiger partial charge on any atom is 0.0417 e. The Hall–Kier alpha value is -0.960. The highest BCUT2D eigenvalue weighted by molar-refractivity contribution is 7.99. The molecule has 1 unspecified atom stereocenters. The summed E-state index contributed by atoms with van der Waals surface area (Å²) >= 11 is 7.72. The van der Waals surface area contributed by atoms with Gasteiger partial charge in [0.2, 0.25) is 0 Å². The Labute approximate surface area is 124 Å². The van der Waals surface area contributed by atoms with E-state index in [4.69, 9.17) is 11.6 Å². The van der Waals surface area contributed by atoms with E-state index in [0.717, 1.165) is 11.6 Å². The third kappa shape index (κ3) is 4.27. The summed E-state index contributed by atoms with van der Waals surface area (Å²) in [5.74, 6) is 0. The molecule has 0 aliphatic heterocycles. The largest absolute Gasteiger partial charge is 0.310 e. The third-order valence-electron chi connectivity index (χ3n) is 2.92. The highest BCUT2D eigenvalue weighted by Gasteiger charge is 2.04. The van der Waals surface area contributed by atoms with Gasteiger partial charge in [0.1, 0.15) is 0 Å². The molecular weight excluding hydrogens is 274 g/mol. The quantitative estimate of drug-likeness (QED) is 0.816. The van der Waals surface area contributed by atoms with Crippen LogP contribution >= 0.6 is 23.4 Å². The average Bonchev–Trinajstić information content (AvgIpc) is 2.40. The monoisotopic (exact) mass is 291 g/mol. The Balaban J connectivity index is 2.06. The number of nitrogens with one attached hydrogen (secondary N) is 1. The van der Waals surface area contributed by atoms with Gasteiger partial charge in [-0.3, -0.25) is 0 Å². The van der Waals surface area contributed by atoms with E-state index in [9.17, 15) is 0 Å². The van der Waals surface area contributed by atoms with Gasteiger partial charge in [-0.2, -0.15) is 0 Å². The summed E-state index contributed by atoms with van der Waals surface area (Å²) in [7, 11) is 0. The van der Waals surface area contributed by atoms with Crippen molar-refractivity contribution >= 4 is 23.4 Å². The maximum atomic E-state index is 5.99. The Morgan fingerprint density at radius 1 is 1.11 bits per heavy atom. The van der Waals surface area contributed by atoms with Crippen LogP contribution < -0.4 is 5.32 Å². The number of hydrogen-bond acceptors (Lipinski definition) is 2. The molecule has 0 aliphatic rings. The number of rotatable bonds is 5. The van der Waals surface area contributed by atoms with E-state index in [1.54, 1.807) is 11.8 Å². The lowest BCUT2D eigenvalue weighted by molar-refractivity contribution is 0.598. The molecule has 0 aliphatic carbocycles. The van der Waals surface area contributed by atoms with Gasteiger partial charge >= 0.3 is 0 Å². The van der Waals surface area contributed by atoms with E-state index in [2.05, 4.69) is 49.5 Å². The molecule has 0 aromatic heterocycles. The smallest absolute Gasteiger partial charge is 0.0417 e. The van der Waals surface area contributed by atoms with Crippen LogP contribution in [0, 0.1) is 0 Å². The minimum absolute atomic E-state index is 0.398. The van der Waals surface area contributed by atoms with Gasteiger partial charge in [-0.05, 0) is 49.4 Å². The van der Waals surface area contributed by atoms with E-state index in [1.165, 1.54) is 15.4 Å². The van der Waals surface area contributed by atoms with Crippen molar-refractivity contribution in [1.82, 2.24) is 5.32 Å². The lowest BCUT2D eigenvalue weighted by atomic mass is 10.1. The molecule has 0 saturated carbocycles. The van der Waals surface area contributed by atoms with Gasteiger partial charge in [0, 0.05) is 20.9 Å². The zero-order valence-electron chi connectivity index (χ0n) is 11.2. The van der Waals surface area contributed by atoms with E-state index in [1.807, 2.05) is 18.2 Å². The standard InChI is InChI=1S/C16H18ClNS/c1-3-18-12(2)13-7-9-15(10-8-13)19-16-6-4-5-14(17)11-16/h4-12,18H,3H2,1-2H3. The van der Waals surface area contributed by atoms with Crippen molar-refractivity contribution in [3.05, 3.63) is 59.1 Å². The Bertz CT molecular complexity index is 525. The second-order valence-corrected chi connectivity index (χ2v) is 5.99. The van der Waals surface area contributed by atoms with Gasteiger partial charge < -0.3 is 5.32 Å². The number of benzene rings is 2. The maximum absolute atomic E-state index is 5.99. The van der Waals surface area contributed by atoms with Crippen molar-refractivity contribution in [1.29, 1.82) is 0 Å². The summed E-state index contributed by atoms with van der Waals surface area (Å²) in [6.07, 6.45) is 0. The molecule has 19 heavy (non-hydrogen) atoms. The van der Waals surface area contributed by atoms with Crippen molar-refractivity contribution in [2.45, 2.75) is 29.7 Å². The van der Waals surface area contributed by atoms with Gasteiger partial charge in [-0.15, -0.1) is 0 Å². The van der Waals surface area contributed by atoms with Crippen molar-refractivity contribution < 1.29 is 0 Å².